The molecule has 0 aromatic heterocycles. The number of esters is 1. The van der Waals surface area contributed by atoms with Crippen molar-refractivity contribution in [1.82, 2.24) is 4.90 Å². The van der Waals surface area contributed by atoms with Crippen molar-refractivity contribution in [3.05, 3.63) is 47.5 Å². The average molecular weight is 355 g/mol. The van der Waals surface area contributed by atoms with E-state index in [9.17, 15) is 9.59 Å². The number of aryl methyl sites for hydroxylation is 1. The van der Waals surface area contributed by atoms with E-state index in [-0.39, 0.29) is 18.0 Å². The number of carbonyl (C=O) groups excluding carboxylic acids is 2. The molecule has 1 amide bonds. The molecule has 1 spiro atoms. The summed E-state index contributed by atoms with van der Waals surface area (Å²) in [4.78, 5) is 27.5. The molecule has 138 valence electrons. The van der Waals surface area contributed by atoms with Crippen LogP contribution in [-0.4, -0.2) is 41.6 Å². The highest BCUT2D eigenvalue weighted by Gasteiger charge is 2.67. The summed E-state index contributed by atoms with van der Waals surface area (Å²) in [5, 5.41) is 0. The average Bonchev–Trinajstić information content (AvgIpc) is 3.26. The van der Waals surface area contributed by atoms with Crippen molar-refractivity contribution in [1.29, 1.82) is 0 Å². The predicted octanol–water partition coefficient (Wildman–Crippen LogP) is 2.62. The van der Waals surface area contributed by atoms with E-state index in [0.717, 1.165) is 18.4 Å². The lowest BCUT2D eigenvalue weighted by molar-refractivity contribution is -0.154. The van der Waals surface area contributed by atoms with Crippen LogP contribution in [0.3, 0.4) is 0 Å². The summed E-state index contributed by atoms with van der Waals surface area (Å²) in [7, 11) is 0. The van der Waals surface area contributed by atoms with Gasteiger partial charge in [-0.3, -0.25) is 9.59 Å². The van der Waals surface area contributed by atoms with E-state index in [4.69, 9.17) is 9.47 Å². The molecule has 3 heterocycles. The molecule has 2 saturated heterocycles. The summed E-state index contributed by atoms with van der Waals surface area (Å²) >= 11 is 0. The number of hydrogen-bond acceptors (Lipinski definition) is 4. The minimum atomic E-state index is -0.666. The van der Waals surface area contributed by atoms with Gasteiger partial charge in [-0.1, -0.05) is 55.3 Å². The Balaban J connectivity index is 1.51. The maximum Gasteiger partial charge on any atom is 0.312 e. The number of benzene rings is 1. The Hall–Kier alpha value is -2.14. The van der Waals surface area contributed by atoms with Crippen LogP contribution in [0.25, 0.3) is 0 Å². The monoisotopic (exact) mass is 355 g/mol. The highest BCUT2D eigenvalue weighted by atomic mass is 16.6. The van der Waals surface area contributed by atoms with Crippen LogP contribution in [0.1, 0.15) is 30.9 Å². The number of hydrogen-bond donors (Lipinski definition) is 0. The highest BCUT2D eigenvalue weighted by Crippen LogP contribution is 2.52. The Bertz CT molecular complexity index is 741. The number of rotatable bonds is 6. The first-order chi connectivity index (χ1) is 12.5. The standard InChI is InChI=1S/C21H25NO4/c1-3-4-11-25-20(24)17-16-9-10-21(26-16)13-22(19(23)18(17)21)12-15-7-5-14(2)6-8-15/h5-10,16-18H,3-4,11-13H2,1-2H3/t16-,17?,18+,21-/m1/s1. The second kappa shape index (κ2) is 6.54. The smallest absolute Gasteiger partial charge is 0.312 e. The first-order valence-corrected chi connectivity index (χ1v) is 9.42. The lowest BCUT2D eigenvalue weighted by atomic mass is 9.77. The number of unbranched alkanes of at least 4 members (excludes halogenated alkanes) is 1. The van der Waals surface area contributed by atoms with E-state index in [2.05, 4.69) is 6.92 Å². The van der Waals surface area contributed by atoms with Crippen molar-refractivity contribution in [2.45, 2.75) is 44.9 Å². The second-order valence-electron chi connectivity index (χ2n) is 7.60. The van der Waals surface area contributed by atoms with Gasteiger partial charge in [-0.15, -0.1) is 0 Å². The Morgan fingerprint density at radius 2 is 2.12 bits per heavy atom. The first kappa shape index (κ1) is 17.3. The third kappa shape index (κ3) is 2.75. The topological polar surface area (TPSA) is 55.8 Å². The largest absolute Gasteiger partial charge is 0.465 e. The number of ether oxygens (including phenoxy) is 2. The molecule has 0 saturated carbocycles. The van der Waals surface area contributed by atoms with Crippen LogP contribution >= 0.6 is 0 Å². The Morgan fingerprint density at radius 3 is 2.85 bits per heavy atom. The number of fused-ring (bicyclic) bond motifs is 1. The SMILES string of the molecule is CCCCOC(=O)C1[C@H]2C(=O)N(Cc3ccc(C)cc3)C[C@]23C=C[C@H]1O3. The summed E-state index contributed by atoms with van der Waals surface area (Å²) in [6, 6.07) is 8.17. The summed E-state index contributed by atoms with van der Waals surface area (Å²) in [5.41, 5.74) is 1.61. The molecule has 2 bridgehead atoms. The summed E-state index contributed by atoms with van der Waals surface area (Å²) in [6.45, 7) is 5.53. The normalized spacial score (nSPS) is 31.5. The van der Waals surface area contributed by atoms with Gasteiger partial charge in [0.1, 0.15) is 11.5 Å². The number of amides is 1. The molecule has 5 heteroatoms. The lowest BCUT2D eigenvalue weighted by Gasteiger charge is -2.22. The van der Waals surface area contributed by atoms with Gasteiger partial charge in [0.25, 0.3) is 0 Å². The van der Waals surface area contributed by atoms with E-state index >= 15 is 0 Å². The fraction of sp³-hybridized carbons (Fsp3) is 0.524. The van der Waals surface area contributed by atoms with Crippen LogP contribution in [0, 0.1) is 18.8 Å². The van der Waals surface area contributed by atoms with Gasteiger partial charge in [0.2, 0.25) is 5.91 Å². The van der Waals surface area contributed by atoms with Gasteiger partial charge in [-0.25, -0.2) is 0 Å². The molecule has 0 radical (unpaired) electrons. The van der Waals surface area contributed by atoms with E-state index in [1.54, 1.807) is 0 Å². The van der Waals surface area contributed by atoms with Crippen LogP contribution in [0.4, 0.5) is 0 Å². The van der Waals surface area contributed by atoms with Gasteiger partial charge >= 0.3 is 5.97 Å². The van der Waals surface area contributed by atoms with Crippen LogP contribution in [-0.2, 0) is 25.6 Å². The molecule has 1 unspecified atom stereocenters. The second-order valence-corrected chi connectivity index (χ2v) is 7.60. The maximum atomic E-state index is 13.1. The molecule has 0 aliphatic carbocycles. The van der Waals surface area contributed by atoms with Gasteiger partial charge < -0.3 is 14.4 Å². The van der Waals surface area contributed by atoms with Crippen LogP contribution in [0.5, 0.6) is 0 Å². The van der Waals surface area contributed by atoms with E-state index in [1.807, 2.05) is 48.2 Å². The van der Waals surface area contributed by atoms with E-state index in [0.29, 0.717) is 19.7 Å². The van der Waals surface area contributed by atoms with Gasteiger partial charge in [0.15, 0.2) is 0 Å². The van der Waals surface area contributed by atoms with Crippen molar-refractivity contribution in [2.75, 3.05) is 13.2 Å². The summed E-state index contributed by atoms with van der Waals surface area (Å²) < 4.78 is 11.5. The van der Waals surface area contributed by atoms with Gasteiger partial charge in [0.05, 0.1) is 25.2 Å². The van der Waals surface area contributed by atoms with E-state index < -0.39 is 17.4 Å². The molecule has 1 aromatic rings. The fourth-order valence-corrected chi connectivity index (χ4v) is 4.31. The summed E-state index contributed by atoms with van der Waals surface area (Å²) in [6.07, 6.45) is 5.37. The molecule has 3 aliphatic heterocycles. The molecule has 26 heavy (non-hydrogen) atoms. The number of likely N-dealkylation sites (tertiary alicyclic amines) is 1. The minimum absolute atomic E-state index is 0.00475. The van der Waals surface area contributed by atoms with Crippen molar-refractivity contribution < 1.29 is 19.1 Å². The molecule has 5 nitrogen and oxygen atoms in total. The third-order valence-corrected chi connectivity index (χ3v) is 5.69. The molecule has 4 rings (SSSR count). The van der Waals surface area contributed by atoms with Crippen LogP contribution < -0.4 is 0 Å². The van der Waals surface area contributed by atoms with Gasteiger partial charge in [-0.2, -0.15) is 0 Å². The Labute approximate surface area is 154 Å². The lowest BCUT2D eigenvalue weighted by Crippen LogP contribution is -2.40. The number of nitrogens with zero attached hydrogens (tertiary/aromatic N) is 1. The van der Waals surface area contributed by atoms with Gasteiger partial charge in [0, 0.05) is 6.54 Å². The van der Waals surface area contributed by atoms with Crippen molar-refractivity contribution in [2.24, 2.45) is 11.8 Å². The Morgan fingerprint density at radius 1 is 1.35 bits per heavy atom. The fourth-order valence-electron chi connectivity index (χ4n) is 4.31. The molecule has 3 aliphatic rings. The molecule has 1 aromatic carbocycles. The number of carbonyl (C=O) groups is 2. The third-order valence-electron chi connectivity index (χ3n) is 5.69. The minimum Gasteiger partial charge on any atom is -0.465 e. The molecule has 4 atom stereocenters. The van der Waals surface area contributed by atoms with E-state index in [1.165, 1.54) is 5.56 Å². The highest BCUT2D eigenvalue weighted by molar-refractivity contribution is 5.91. The molecule has 2 fully saturated rings. The zero-order valence-electron chi connectivity index (χ0n) is 15.3. The first-order valence-electron chi connectivity index (χ1n) is 9.42. The van der Waals surface area contributed by atoms with Crippen molar-refractivity contribution >= 4 is 11.9 Å². The van der Waals surface area contributed by atoms with Crippen molar-refractivity contribution in [3.8, 4) is 0 Å². The maximum absolute atomic E-state index is 13.1. The van der Waals surface area contributed by atoms with Crippen molar-refractivity contribution in [3.63, 3.8) is 0 Å². The molecular weight excluding hydrogens is 330 g/mol. The molecule has 0 N–H and O–H groups in total. The zero-order valence-corrected chi connectivity index (χ0v) is 15.3. The predicted molar refractivity (Wildman–Crippen MR) is 96.2 cm³/mol. The Kier molecular flexibility index (Phi) is 4.35. The van der Waals surface area contributed by atoms with Crippen LogP contribution in [0.15, 0.2) is 36.4 Å². The van der Waals surface area contributed by atoms with Crippen LogP contribution in [0.2, 0.25) is 0 Å². The van der Waals surface area contributed by atoms with Gasteiger partial charge in [-0.05, 0) is 18.9 Å². The quantitative estimate of drug-likeness (QED) is 0.447. The summed E-state index contributed by atoms with van der Waals surface area (Å²) in [5.74, 6) is -1.29. The zero-order chi connectivity index (χ0) is 18.3. The molecular formula is C21H25NO4.